The van der Waals surface area contributed by atoms with Gasteiger partial charge in [0.05, 0.1) is 12.1 Å². The van der Waals surface area contributed by atoms with Crippen LogP contribution in [0, 0.1) is 0 Å². The quantitative estimate of drug-likeness (QED) is 0.567. The van der Waals surface area contributed by atoms with E-state index in [0.717, 1.165) is 38.8 Å². The predicted molar refractivity (Wildman–Crippen MR) is 83.5 cm³/mol. The van der Waals surface area contributed by atoms with Gasteiger partial charge in [-0.25, -0.2) is 18.1 Å². The Morgan fingerprint density at radius 2 is 1.95 bits per heavy atom. The molecule has 0 aliphatic heterocycles. The molecular formula is C14H26N4O2S. The third-order valence-corrected chi connectivity index (χ3v) is 5.04. The van der Waals surface area contributed by atoms with Crippen molar-refractivity contribution in [3.05, 3.63) is 18.7 Å². The van der Waals surface area contributed by atoms with Crippen molar-refractivity contribution in [1.82, 2.24) is 19.6 Å². The Morgan fingerprint density at radius 3 is 2.67 bits per heavy atom. The number of imidazole rings is 1. The number of hydrogen-bond acceptors (Lipinski definition) is 4. The lowest BCUT2D eigenvalue weighted by Crippen LogP contribution is -2.28. The van der Waals surface area contributed by atoms with Gasteiger partial charge in [-0.2, -0.15) is 0 Å². The number of hydrogen-bond donors (Lipinski definition) is 2. The summed E-state index contributed by atoms with van der Waals surface area (Å²) < 4.78 is 28.2. The molecule has 6 nitrogen and oxygen atoms in total. The molecule has 120 valence electrons. The molecule has 0 saturated heterocycles. The van der Waals surface area contributed by atoms with Crippen molar-refractivity contribution in [2.24, 2.45) is 0 Å². The van der Waals surface area contributed by atoms with E-state index >= 15 is 0 Å². The molecule has 1 aliphatic carbocycles. The zero-order chi connectivity index (χ0) is 15.0. The molecule has 0 aromatic carbocycles. The Kier molecular flexibility index (Phi) is 6.66. The number of sulfonamides is 1. The van der Waals surface area contributed by atoms with Crippen LogP contribution in [-0.2, 0) is 16.6 Å². The van der Waals surface area contributed by atoms with E-state index < -0.39 is 10.0 Å². The van der Waals surface area contributed by atoms with Crippen molar-refractivity contribution < 1.29 is 8.42 Å². The van der Waals surface area contributed by atoms with Gasteiger partial charge in [-0.15, -0.1) is 0 Å². The maximum absolute atomic E-state index is 11.8. The van der Waals surface area contributed by atoms with Crippen LogP contribution in [0.3, 0.4) is 0 Å². The highest BCUT2D eigenvalue weighted by molar-refractivity contribution is 7.89. The molecular weight excluding hydrogens is 288 g/mol. The van der Waals surface area contributed by atoms with Gasteiger partial charge in [-0.3, -0.25) is 0 Å². The SMILES string of the molecule is O=S(=O)(CCCCNC1CC1)NCCCCn1ccnc1. The number of nitrogens with zero attached hydrogens (tertiary/aromatic N) is 2. The lowest BCUT2D eigenvalue weighted by Gasteiger charge is -2.07. The lowest BCUT2D eigenvalue weighted by atomic mass is 10.3. The van der Waals surface area contributed by atoms with Gasteiger partial charge in [-0.05, 0) is 45.1 Å². The van der Waals surface area contributed by atoms with Crippen LogP contribution in [0.15, 0.2) is 18.7 Å². The Labute approximate surface area is 127 Å². The molecule has 0 unspecified atom stereocenters. The lowest BCUT2D eigenvalue weighted by molar-refractivity contribution is 0.560. The molecule has 1 fully saturated rings. The van der Waals surface area contributed by atoms with E-state index in [-0.39, 0.29) is 5.75 Å². The Bertz CT molecular complexity index is 483. The number of nitrogens with one attached hydrogen (secondary N) is 2. The molecule has 1 aromatic heterocycles. The van der Waals surface area contributed by atoms with Crippen LogP contribution in [0.25, 0.3) is 0 Å². The van der Waals surface area contributed by atoms with Gasteiger partial charge in [0, 0.05) is 31.5 Å². The molecule has 2 N–H and O–H groups in total. The largest absolute Gasteiger partial charge is 0.337 e. The van der Waals surface area contributed by atoms with Crippen molar-refractivity contribution in [2.75, 3.05) is 18.8 Å². The van der Waals surface area contributed by atoms with Crippen molar-refractivity contribution in [3.8, 4) is 0 Å². The fourth-order valence-corrected chi connectivity index (χ4v) is 3.33. The van der Waals surface area contributed by atoms with Crippen LogP contribution in [-0.4, -0.2) is 42.9 Å². The fourth-order valence-electron chi connectivity index (χ4n) is 2.15. The second kappa shape index (κ2) is 8.51. The number of aryl methyl sites for hydroxylation is 1. The first kappa shape index (κ1) is 16.5. The third kappa shape index (κ3) is 7.59. The first-order valence-electron chi connectivity index (χ1n) is 7.82. The summed E-state index contributed by atoms with van der Waals surface area (Å²) in [5.74, 6) is 0.237. The minimum absolute atomic E-state index is 0.237. The zero-order valence-corrected chi connectivity index (χ0v) is 13.3. The van der Waals surface area contributed by atoms with Crippen LogP contribution in [0.4, 0.5) is 0 Å². The molecule has 1 aliphatic rings. The summed E-state index contributed by atoms with van der Waals surface area (Å²) in [5, 5.41) is 3.39. The Balaban J connectivity index is 1.45. The summed E-state index contributed by atoms with van der Waals surface area (Å²) in [7, 11) is -3.10. The van der Waals surface area contributed by atoms with Crippen molar-refractivity contribution in [1.29, 1.82) is 0 Å². The van der Waals surface area contributed by atoms with Crippen LogP contribution >= 0.6 is 0 Å². The summed E-state index contributed by atoms with van der Waals surface area (Å²) >= 11 is 0. The Morgan fingerprint density at radius 1 is 1.14 bits per heavy atom. The fraction of sp³-hybridized carbons (Fsp3) is 0.786. The Hall–Kier alpha value is -0.920. The van der Waals surface area contributed by atoms with Crippen molar-refractivity contribution in [2.45, 2.75) is 51.1 Å². The van der Waals surface area contributed by atoms with Gasteiger partial charge in [0.25, 0.3) is 0 Å². The van der Waals surface area contributed by atoms with Gasteiger partial charge >= 0.3 is 0 Å². The second-order valence-electron chi connectivity index (χ2n) is 5.66. The van der Waals surface area contributed by atoms with E-state index in [9.17, 15) is 8.42 Å². The van der Waals surface area contributed by atoms with Gasteiger partial charge in [0.2, 0.25) is 10.0 Å². The van der Waals surface area contributed by atoms with Gasteiger partial charge in [0.15, 0.2) is 0 Å². The van der Waals surface area contributed by atoms with E-state index in [1.807, 2.05) is 10.8 Å². The molecule has 7 heteroatoms. The summed E-state index contributed by atoms with van der Waals surface area (Å²) in [6, 6.07) is 0.704. The van der Waals surface area contributed by atoms with E-state index in [0.29, 0.717) is 12.6 Å². The highest BCUT2D eigenvalue weighted by Crippen LogP contribution is 2.18. The minimum atomic E-state index is -3.10. The molecule has 2 rings (SSSR count). The number of aromatic nitrogens is 2. The standard InChI is InChI=1S/C14H26N4O2S/c19-21(20,12-4-2-7-16-14-5-6-14)17-8-1-3-10-18-11-9-15-13-18/h9,11,13-14,16-17H,1-8,10,12H2. The highest BCUT2D eigenvalue weighted by Gasteiger charge is 2.19. The molecule has 0 spiro atoms. The zero-order valence-electron chi connectivity index (χ0n) is 12.5. The molecule has 0 amide bonds. The smallest absolute Gasteiger partial charge is 0.211 e. The number of rotatable bonds is 12. The maximum atomic E-state index is 11.8. The van der Waals surface area contributed by atoms with Crippen LogP contribution < -0.4 is 10.0 Å². The maximum Gasteiger partial charge on any atom is 0.211 e. The molecule has 1 heterocycles. The van der Waals surface area contributed by atoms with E-state index in [2.05, 4.69) is 15.0 Å². The summed E-state index contributed by atoms with van der Waals surface area (Å²) in [4.78, 5) is 3.97. The summed E-state index contributed by atoms with van der Waals surface area (Å²) in [5.41, 5.74) is 0. The van der Waals surface area contributed by atoms with Crippen LogP contribution in [0.1, 0.15) is 38.5 Å². The van der Waals surface area contributed by atoms with Crippen molar-refractivity contribution >= 4 is 10.0 Å². The average Bonchev–Trinajstić information content (AvgIpc) is 3.12. The second-order valence-corrected chi connectivity index (χ2v) is 7.58. The van der Waals surface area contributed by atoms with Crippen LogP contribution in [0.2, 0.25) is 0 Å². The predicted octanol–water partition coefficient (Wildman–Crippen LogP) is 1.11. The summed E-state index contributed by atoms with van der Waals surface area (Å²) in [6.07, 6.45) is 11.4. The topological polar surface area (TPSA) is 76.0 Å². The van der Waals surface area contributed by atoms with Gasteiger partial charge in [-0.1, -0.05) is 0 Å². The first-order chi connectivity index (χ1) is 10.2. The molecule has 1 saturated carbocycles. The monoisotopic (exact) mass is 314 g/mol. The molecule has 21 heavy (non-hydrogen) atoms. The first-order valence-corrected chi connectivity index (χ1v) is 9.47. The molecule has 0 bridgehead atoms. The minimum Gasteiger partial charge on any atom is -0.337 e. The van der Waals surface area contributed by atoms with E-state index in [1.54, 1.807) is 12.5 Å². The molecule has 0 atom stereocenters. The highest BCUT2D eigenvalue weighted by atomic mass is 32.2. The molecule has 1 aromatic rings. The van der Waals surface area contributed by atoms with E-state index in [4.69, 9.17) is 0 Å². The normalized spacial score (nSPS) is 15.4. The van der Waals surface area contributed by atoms with Gasteiger partial charge in [0.1, 0.15) is 0 Å². The van der Waals surface area contributed by atoms with E-state index in [1.165, 1.54) is 12.8 Å². The molecule has 0 radical (unpaired) electrons. The van der Waals surface area contributed by atoms with Crippen molar-refractivity contribution in [3.63, 3.8) is 0 Å². The summed E-state index contributed by atoms with van der Waals surface area (Å²) in [6.45, 7) is 2.34. The van der Waals surface area contributed by atoms with Gasteiger partial charge < -0.3 is 9.88 Å². The van der Waals surface area contributed by atoms with Crippen LogP contribution in [0.5, 0.6) is 0 Å². The average molecular weight is 314 g/mol. The third-order valence-electron chi connectivity index (χ3n) is 3.57. The number of unbranched alkanes of at least 4 members (excludes halogenated alkanes) is 2.